The summed E-state index contributed by atoms with van der Waals surface area (Å²) >= 11 is 0. The molecule has 6 nitrogen and oxygen atoms in total. The van der Waals surface area contributed by atoms with Gasteiger partial charge in [0.15, 0.2) is 0 Å². The Hall–Kier alpha value is -2.58. The summed E-state index contributed by atoms with van der Waals surface area (Å²) in [5, 5.41) is 12.5. The lowest BCUT2D eigenvalue weighted by Crippen LogP contribution is -2.35. The zero-order valence-corrected chi connectivity index (χ0v) is 11.9. The fraction of sp³-hybridized carbons (Fsp3) is 0.357. The molecule has 0 unspecified atom stereocenters. The van der Waals surface area contributed by atoms with Gasteiger partial charge in [-0.1, -0.05) is 12.1 Å². The highest BCUT2D eigenvalue weighted by molar-refractivity contribution is 6.03. The molecule has 1 rings (SSSR count). The monoisotopic (exact) mass is 332 g/mol. The van der Waals surface area contributed by atoms with Crippen molar-refractivity contribution in [1.29, 1.82) is 0 Å². The van der Waals surface area contributed by atoms with Crippen LogP contribution in [0.4, 0.5) is 18.9 Å². The van der Waals surface area contributed by atoms with E-state index >= 15 is 0 Å². The number of aliphatic carboxylic acids is 1. The van der Waals surface area contributed by atoms with Crippen molar-refractivity contribution < 1.29 is 32.7 Å². The summed E-state index contributed by atoms with van der Waals surface area (Å²) in [6, 6.07) is 6.26. The predicted octanol–water partition coefficient (Wildman–Crippen LogP) is 1.71. The van der Waals surface area contributed by atoms with Gasteiger partial charge >= 0.3 is 12.1 Å². The molecule has 0 fully saturated rings. The maximum absolute atomic E-state index is 11.9. The van der Waals surface area contributed by atoms with Crippen molar-refractivity contribution in [3.63, 3.8) is 0 Å². The van der Waals surface area contributed by atoms with Gasteiger partial charge in [-0.25, -0.2) is 0 Å². The van der Waals surface area contributed by atoms with E-state index in [4.69, 9.17) is 5.11 Å². The van der Waals surface area contributed by atoms with E-state index in [0.29, 0.717) is 12.1 Å². The first-order valence-corrected chi connectivity index (χ1v) is 6.60. The van der Waals surface area contributed by atoms with Gasteiger partial charge in [-0.15, -0.1) is 0 Å². The van der Waals surface area contributed by atoms with Crippen LogP contribution in [-0.4, -0.2) is 35.6 Å². The molecule has 0 bridgehead atoms. The van der Waals surface area contributed by atoms with E-state index < -0.39 is 36.9 Å². The summed E-state index contributed by atoms with van der Waals surface area (Å²) < 4.78 is 35.7. The Kier molecular flexibility index (Phi) is 6.55. The molecule has 126 valence electrons. The van der Waals surface area contributed by atoms with E-state index in [9.17, 15) is 27.6 Å². The Morgan fingerprint density at radius 2 is 1.65 bits per heavy atom. The van der Waals surface area contributed by atoms with E-state index in [1.54, 1.807) is 17.4 Å². The van der Waals surface area contributed by atoms with Gasteiger partial charge in [0.25, 0.3) is 0 Å². The molecule has 3 N–H and O–H groups in total. The van der Waals surface area contributed by atoms with E-state index in [1.165, 1.54) is 12.1 Å². The average molecular weight is 332 g/mol. The molecule has 23 heavy (non-hydrogen) atoms. The van der Waals surface area contributed by atoms with Crippen LogP contribution in [0, 0.1) is 0 Å². The number of aryl methyl sites for hydroxylation is 1. The number of amides is 2. The van der Waals surface area contributed by atoms with E-state index in [1.807, 2.05) is 0 Å². The standard InChI is InChI=1S/C14H15F3N2O4/c15-14(16,17)8-18-11(20)7-12(21)19-10-4-1-9(2-5-10)3-6-13(22)23/h1-2,4-5H,3,6-8H2,(H,18,20)(H,19,21)(H,22,23). The third-order valence-electron chi connectivity index (χ3n) is 2.67. The molecule has 1 aromatic carbocycles. The number of carboxylic acid groups (broad SMARTS) is 1. The first-order valence-electron chi connectivity index (χ1n) is 6.60. The highest BCUT2D eigenvalue weighted by atomic mass is 19.4. The summed E-state index contributed by atoms with van der Waals surface area (Å²) in [4.78, 5) is 33.1. The molecular formula is C14H15F3N2O4. The smallest absolute Gasteiger partial charge is 0.405 e. The lowest BCUT2D eigenvalue weighted by molar-refractivity contribution is -0.140. The molecule has 0 radical (unpaired) electrons. The summed E-state index contributed by atoms with van der Waals surface area (Å²) in [5.74, 6) is -2.70. The van der Waals surface area contributed by atoms with Crippen molar-refractivity contribution in [3.8, 4) is 0 Å². The van der Waals surface area contributed by atoms with Crippen molar-refractivity contribution in [3.05, 3.63) is 29.8 Å². The Morgan fingerprint density at radius 1 is 1.04 bits per heavy atom. The predicted molar refractivity (Wildman–Crippen MR) is 74.7 cm³/mol. The van der Waals surface area contributed by atoms with Gasteiger partial charge < -0.3 is 15.7 Å². The van der Waals surface area contributed by atoms with Crippen LogP contribution >= 0.6 is 0 Å². The highest BCUT2D eigenvalue weighted by Crippen LogP contribution is 2.13. The summed E-state index contributed by atoms with van der Waals surface area (Å²) in [6.07, 6.45) is -4.94. The Labute approximate surface area is 129 Å². The molecule has 0 aliphatic heterocycles. The maximum Gasteiger partial charge on any atom is 0.405 e. The van der Waals surface area contributed by atoms with Gasteiger partial charge in [-0.05, 0) is 24.1 Å². The molecule has 0 aliphatic carbocycles. The second-order valence-corrected chi connectivity index (χ2v) is 4.71. The van der Waals surface area contributed by atoms with Crippen LogP contribution in [0.25, 0.3) is 0 Å². The van der Waals surface area contributed by atoms with Crippen LogP contribution in [0.5, 0.6) is 0 Å². The van der Waals surface area contributed by atoms with E-state index in [2.05, 4.69) is 5.32 Å². The number of hydrogen-bond donors (Lipinski definition) is 3. The average Bonchev–Trinajstić information content (AvgIpc) is 2.43. The molecule has 0 aliphatic rings. The molecule has 0 atom stereocenters. The number of halogens is 3. The maximum atomic E-state index is 11.9. The fourth-order valence-corrected chi connectivity index (χ4v) is 1.62. The number of carboxylic acids is 1. The molecule has 2 amide bonds. The molecular weight excluding hydrogens is 317 g/mol. The minimum atomic E-state index is -4.53. The van der Waals surface area contributed by atoms with E-state index in [-0.39, 0.29) is 6.42 Å². The number of carbonyl (C=O) groups excluding carboxylic acids is 2. The Bertz CT molecular complexity index is 570. The van der Waals surface area contributed by atoms with Crippen LogP contribution in [0.1, 0.15) is 18.4 Å². The van der Waals surface area contributed by atoms with Gasteiger partial charge in [0.05, 0.1) is 0 Å². The molecule has 0 aromatic heterocycles. The van der Waals surface area contributed by atoms with Gasteiger partial charge in [-0.3, -0.25) is 14.4 Å². The highest BCUT2D eigenvalue weighted by Gasteiger charge is 2.27. The van der Waals surface area contributed by atoms with Crippen molar-refractivity contribution in [1.82, 2.24) is 5.32 Å². The molecule has 0 saturated heterocycles. The SMILES string of the molecule is O=C(O)CCc1ccc(NC(=O)CC(=O)NCC(F)(F)F)cc1. The van der Waals surface area contributed by atoms with Gasteiger partial charge in [0.1, 0.15) is 13.0 Å². The number of alkyl halides is 3. The number of anilines is 1. The summed E-state index contributed by atoms with van der Waals surface area (Å²) in [5.41, 5.74) is 1.12. The van der Waals surface area contributed by atoms with Crippen molar-refractivity contribution >= 4 is 23.5 Å². The minimum absolute atomic E-state index is 0.0227. The number of hydrogen-bond acceptors (Lipinski definition) is 3. The first kappa shape index (κ1) is 18.5. The summed E-state index contributed by atoms with van der Waals surface area (Å²) in [7, 11) is 0. The van der Waals surface area contributed by atoms with Crippen LogP contribution in [-0.2, 0) is 20.8 Å². The first-order chi connectivity index (χ1) is 10.7. The van der Waals surface area contributed by atoms with Gasteiger partial charge in [0, 0.05) is 12.1 Å². The number of rotatable bonds is 7. The second-order valence-electron chi connectivity index (χ2n) is 4.71. The minimum Gasteiger partial charge on any atom is -0.481 e. The third kappa shape index (κ3) is 8.44. The molecule has 0 heterocycles. The van der Waals surface area contributed by atoms with Gasteiger partial charge in [0.2, 0.25) is 11.8 Å². The number of carbonyl (C=O) groups is 3. The Morgan fingerprint density at radius 3 is 2.17 bits per heavy atom. The topological polar surface area (TPSA) is 95.5 Å². The normalized spacial score (nSPS) is 10.9. The van der Waals surface area contributed by atoms with Crippen LogP contribution in [0.15, 0.2) is 24.3 Å². The lowest BCUT2D eigenvalue weighted by atomic mass is 10.1. The van der Waals surface area contributed by atoms with Crippen molar-refractivity contribution in [2.45, 2.75) is 25.4 Å². The quantitative estimate of drug-likeness (QED) is 0.663. The third-order valence-corrected chi connectivity index (χ3v) is 2.67. The fourth-order valence-electron chi connectivity index (χ4n) is 1.62. The van der Waals surface area contributed by atoms with Crippen molar-refractivity contribution in [2.24, 2.45) is 0 Å². The van der Waals surface area contributed by atoms with Gasteiger partial charge in [-0.2, -0.15) is 13.2 Å². The number of nitrogens with one attached hydrogen (secondary N) is 2. The zero-order valence-electron chi connectivity index (χ0n) is 11.9. The van der Waals surface area contributed by atoms with Crippen LogP contribution < -0.4 is 10.6 Å². The van der Waals surface area contributed by atoms with E-state index in [0.717, 1.165) is 5.56 Å². The zero-order chi connectivity index (χ0) is 17.5. The number of benzene rings is 1. The van der Waals surface area contributed by atoms with Crippen LogP contribution in [0.2, 0.25) is 0 Å². The summed E-state index contributed by atoms with van der Waals surface area (Å²) in [6.45, 7) is -1.49. The largest absolute Gasteiger partial charge is 0.481 e. The molecule has 0 spiro atoms. The van der Waals surface area contributed by atoms with Crippen LogP contribution in [0.3, 0.4) is 0 Å². The molecule has 1 aromatic rings. The molecule has 9 heteroatoms. The lowest BCUT2D eigenvalue weighted by Gasteiger charge is -2.09. The Balaban J connectivity index is 2.42. The second kappa shape index (κ2) is 8.16. The molecule has 0 saturated carbocycles. The van der Waals surface area contributed by atoms with Crippen molar-refractivity contribution in [2.75, 3.05) is 11.9 Å².